The molecular weight excluding hydrogens is 456 g/mol. The number of hydrazine groups is 1. The van der Waals surface area contributed by atoms with Crippen LogP contribution in [0.1, 0.15) is 35.0 Å². The largest absolute Gasteiger partial charge is 0.496 e. The number of aryl methyl sites for hydroxylation is 1. The van der Waals surface area contributed by atoms with Crippen LogP contribution in [0.3, 0.4) is 0 Å². The van der Waals surface area contributed by atoms with Crippen LogP contribution in [0.25, 0.3) is 22.4 Å². The second-order valence-electron chi connectivity index (χ2n) is 8.00. The van der Waals surface area contributed by atoms with Crippen LogP contribution in [0.4, 0.5) is 0 Å². The minimum Gasteiger partial charge on any atom is -0.496 e. The van der Waals surface area contributed by atoms with Crippen molar-refractivity contribution in [3.63, 3.8) is 0 Å². The van der Waals surface area contributed by atoms with Crippen LogP contribution in [-0.2, 0) is 11.3 Å². The molecule has 0 atom stereocenters. The highest BCUT2D eigenvalue weighted by Gasteiger charge is 2.19. The Kier molecular flexibility index (Phi) is 7.55. The molecule has 1 aromatic heterocycles. The third-order valence-corrected chi connectivity index (χ3v) is 5.58. The van der Waals surface area contributed by atoms with Gasteiger partial charge in [0.15, 0.2) is 5.69 Å². The Morgan fingerprint density at radius 1 is 0.917 bits per heavy atom. The van der Waals surface area contributed by atoms with Gasteiger partial charge >= 0.3 is 0 Å². The van der Waals surface area contributed by atoms with Gasteiger partial charge in [0.25, 0.3) is 17.4 Å². The number of para-hydroxylation sites is 1. The first-order valence-corrected chi connectivity index (χ1v) is 11.5. The first kappa shape index (κ1) is 24.4. The molecule has 4 aromatic rings. The highest BCUT2D eigenvalue weighted by atomic mass is 16.5. The maximum Gasteiger partial charge on any atom is 0.290 e. The summed E-state index contributed by atoms with van der Waals surface area (Å²) in [4.78, 5) is 39.1. The molecule has 0 fully saturated rings. The molecule has 3 aromatic carbocycles. The van der Waals surface area contributed by atoms with Gasteiger partial charge in [0, 0.05) is 23.1 Å². The SMILES string of the molecule is CCCn1nc(C(=O)NNC(=O)/C(=C/c2ccccc2OC)c2ccccc2)c2ccccc2c1=O. The lowest BCUT2D eigenvalue weighted by molar-refractivity contribution is -0.116. The van der Waals surface area contributed by atoms with Gasteiger partial charge in [-0.1, -0.05) is 73.7 Å². The summed E-state index contributed by atoms with van der Waals surface area (Å²) in [5.74, 6) is -0.544. The van der Waals surface area contributed by atoms with Crippen molar-refractivity contribution in [2.45, 2.75) is 19.9 Å². The zero-order valence-corrected chi connectivity index (χ0v) is 20.0. The molecule has 36 heavy (non-hydrogen) atoms. The van der Waals surface area contributed by atoms with Gasteiger partial charge in [-0.3, -0.25) is 25.2 Å². The maximum atomic E-state index is 13.3. The van der Waals surface area contributed by atoms with E-state index in [0.29, 0.717) is 46.2 Å². The summed E-state index contributed by atoms with van der Waals surface area (Å²) in [6, 6.07) is 23.2. The average Bonchev–Trinajstić information content (AvgIpc) is 2.92. The lowest BCUT2D eigenvalue weighted by Gasteiger charge is -2.13. The Labute approximate surface area is 208 Å². The highest BCUT2D eigenvalue weighted by molar-refractivity contribution is 6.24. The first-order valence-electron chi connectivity index (χ1n) is 11.5. The Bertz CT molecular complexity index is 1490. The van der Waals surface area contributed by atoms with E-state index in [1.54, 1.807) is 55.7 Å². The van der Waals surface area contributed by atoms with E-state index in [9.17, 15) is 14.4 Å². The Hall–Kier alpha value is -4.72. The topological polar surface area (TPSA) is 102 Å². The molecule has 0 saturated heterocycles. The fourth-order valence-electron chi connectivity index (χ4n) is 3.85. The lowest BCUT2D eigenvalue weighted by Crippen LogP contribution is -2.43. The molecule has 4 rings (SSSR count). The van der Waals surface area contributed by atoms with Crippen LogP contribution >= 0.6 is 0 Å². The van der Waals surface area contributed by atoms with E-state index in [1.807, 2.05) is 43.3 Å². The van der Waals surface area contributed by atoms with Gasteiger partial charge in [0.1, 0.15) is 5.75 Å². The van der Waals surface area contributed by atoms with Crippen LogP contribution in [-0.4, -0.2) is 28.7 Å². The molecule has 0 aliphatic heterocycles. The fourth-order valence-corrected chi connectivity index (χ4v) is 3.85. The maximum absolute atomic E-state index is 13.3. The smallest absolute Gasteiger partial charge is 0.290 e. The minimum absolute atomic E-state index is 0.0499. The van der Waals surface area contributed by atoms with Gasteiger partial charge in [-0.2, -0.15) is 5.10 Å². The number of hydrogen-bond donors (Lipinski definition) is 2. The summed E-state index contributed by atoms with van der Waals surface area (Å²) in [7, 11) is 1.56. The van der Waals surface area contributed by atoms with Crippen molar-refractivity contribution in [3.8, 4) is 5.75 Å². The van der Waals surface area contributed by atoms with Crippen molar-refractivity contribution < 1.29 is 14.3 Å². The van der Waals surface area contributed by atoms with Crippen LogP contribution in [0.2, 0.25) is 0 Å². The molecule has 0 aliphatic carbocycles. The van der Waals surface area contributed by atoms with E-state index >= 15 is 0 Å². The molecule has 0 saturated carbocycles. The second kappa shape index (κ2) is 11.1. The van der Waals surface area contributed by atoms with E-state index in [4.69, 9.17) is 4.74 Å². The Morgan fingerprint density at radius 2 is 1.58 bits per heavy atom. The van der Waals surface area contributed by atoms with Crippen LogP contribution in [0, 0.1) is 0 Å². The molecule has 0 spiro atoms. The number of nitrogens with one attached hydrogen (secondary N) is 2. The zero-order valence-electron chi connectivity index (χ0n) is 20.0. The number of hydrogen-bond acceptors (Lipinski definition) is 5. The summed E-state index contributed by atoms with van der Waals surface area (Å²) in [5.41, 5.74) is 6.43. The van der Waals surface area contributed by atoms with Gasteiger partial charge < -0.3 is 4.74 Å². The van der Waals surface area contributed by atoms with E-state index in [0.717, 1.165) is 0 Å². The van der Waals surface area contributed by atoms with Crippen molar-refractivity contribution in [3.05, 3.63) is 106 Å². The number of carbonyl (C=O) groups excluding carboxylic acids is 2. The monoisotopic (exact) mass is 482 g/mol. The number of benzene rings is 3. The molecule has 0 radical (unpaired) electrons. The third-order valence-electron chi connectivity index (χ3n) is 5.58. The zero-order chi connectivity index (χ0) is 25.5. The molecular formula is C28H26N4O4. The van der Waals surface area contributed by atoms with Crippen molar-refractivity contribution in [1.29, 1.82) is 0 Å². The predicted molar refractivity (Wildman–Crippen MR) is 139 cm³/mol. The molecule has 0 unspecified atom stereocenters. The van der Waals surface area contributed by atoms with Crippen LogP contribution < -0.4 is 21.1 Å². The van der Waals surface area contributed by atoms with Gasteiger partial charge in [0.2, 0.25) is 0 Å². The molecule has 182 valence electrons. The molecule has 8 nitrogen and oxygen atoms in total. The summed E-state index contributed by atoms with van der Waals surface area (Å²) in [6.07, 6.45) is 2.38. The number of ether oxygens (including phenoxy) is 1. The lowest BCUT2D eigenvalue weighted by atomic mass is 10.0. The van der Waals surface area contributed by atoms with Gasteiger partial charge in [0.05, 0.1) is 12.5 Å². The Morgan fingerprint density at radius 3 is 2.31 bits per heavy atom. The molecule has 1 heterocycles. The fraction of sp³-hybridized carbons (Fsp3) is 0.143. The Balaban J connectivity index is 1.65. The number of rotatable bonds is 7. The molecule has 8 heteroatoms. The van der Waals surface area contributed by atoms with Crippen LogP contribution in [0.15, 0.2) is 83.7 Å². The predicted octanol–water partition coefficient (Wildman–Crippen LogP) is 3.82. The van der Waals surface area contributed by atoms with Gasteiger partial charge in [-0.25, -0.2) is 4.68 Å². The van der Waals surface area contributed by atoms with Gasteiger partial charge in [-0.05, 0) is 30.2 Å². The number of methoxy groups -OCH3 is 1. The van der Waals surface area contributed by atoms with E-state index < -0.39 is 11.8 Å². The highest BCUT2D eigenvalue weighted by Crippen LogP contribution is 2.24. The number of aromatic nitrogens is 2. The number of nitrogens with zero attached hydrogens (tertiary/aromatic N) is 2. The summed E-state index contributed by atoms with van der Waals surface area (Å²) in [6.45, 7) is 2.29. The second-order valence-corrected chi connectivity index (χ2v) is 8.00. The molecule has 2 N–H and O–H groups in total. The number of fused-ring (bicyclic) bond motifs is 1. The summed E-state index contributed by atoms with van der Waals surface area (Å²) in [5, 5.41) is 5.07. The van der Waals surface area contributed by atoms with E-state index in [2.05, 4.69) is 16.0 Å². The summed E-state index contributed by atoms with van der Waals surface area (Å²) >= 11 is 0. The molecule has 2 amide bonds. The number of carbonyl (C=O) groups is 2. The van der Waals surface area contributed by atoms with E-state index in [-0.39, 0.29) is 11.3 Å². The standard InChI is InChI=1S/C28H26N4O4/c1-3-17-32-28(35)22-15-9-8-14-21(22)25(31-32)27(34)30-29-26(33)23(19-11-5-4-6-12-19)18-20-13-7-10-16-24(20)36-2/h4-16,18H,3,17H2,1-2H3,(H,29,33)(H,30,34)/b23-18+. The molecule has 0 aliphatic rings. The number of amides is 2. The van der Waals surface area contributed by atoms with Crippen molar-refractivity contribution in [2.75, 3.05) is 7.11 Å². The van der Waals surface area contributed by atoms with Crippen LogP contribution in [0.5, 0.6) is 5.75 Å². The minimum atomic E-state index is -0.630. The van der Waals surface area contributed by atoms with Crippen molar-refractivity contribution in [1.82, 2.24) is 20.6 Å². The van der Waals surface area contributed by atoms with Gasteiger partial charge in [-0.15, -0.1) is 0 Å². The first-order chi connectivity index (χ1) is 17.5. The van der Waals surface area contributed by atoms with E-state index in [1.165, 1.54) is 4.68 Å². The normalized spacial score (nSPS) is 11.2. The average molecular weight is 483 g/mol. The molecule has 0 bridgehead atoms. The van der Waals surface area contributed by atoms with Crippen molar-refractivity contribution in [2.24, 2.45) is 0 Å². The quantitative estimate of drug-likeness (QED) is 0.237. The third kappa shape index (κ3) is 5.17. The summed E-state index contributed by atoms with van der Waals surface area (Å²) < 4.78 is 6.69. The van der Waals surface area contributed by atoms with Crippen molar-refractivity contribution >= 4 is 34.2 Å².